The Morgan fingerprint density at radius 3 is 2.07 bits per heavy atom. The normalized spacial score (nSPS) is 12.0. The molecule has 15 heavy (non-hydrogen) atoms. The van der Waals surface area contributed by atoms with Crippen molar-refractivity contribution in [2.45, 2.75) is 19.2 Å². The van der Waals surface area contributed by atoms with Crippen LogP contribution in [0.3, 0.4) is 0 Å². The van der Waals surface area contributed by atoms with Crippen LogP contribution in [-0.2, 0) is 14.9 Å². The Labute approximate surface area is 132 Å². The van der Waals surface area contributed by atoms with Crippen LogP contribution < -0.4 is 56.7 Å². The second-order valence-electron chi connectivity index (χ2n) is 2.87. The summed E-state index contributed by atoms with van der Waals surface area (Å²) in [6.07, 6.45) is 0.917. The molecule has 0 aromatic rings. The number of amides is 1. The monoisotopic (exact) mass is 263 g/mol. The zero-order chi connectivity index (χ0) is 10.6. The molecule has 0 spiro atoms. The summed E-state index contributed by atoms with van der Waals surface area (Å²) in [6.45, 7) is 6.21. The van der Waals surface area contributed by atoms with Crippen LogP contribution in [0.15, 0.2) is 12.7 Å². The predicted molar refractivity (Wildman–Crippen MR) is 50.3 cm³/mol. The van der Waals surface area contributed by atoms with Crippen molar-refractivity contribution in [3.63, 3.8) is 0 Å². The van der Waals surface area contributed by atoms with Crippen molar-refractivity contribution >= 4 is 16.0 Å². The van der Waals surface area contributed by atoms with Gasteiger partial charge in [-0.2, -0.15) is 0 Å². The molecule has 0 aromatic heterocycles. The molecule has 1 unspecified atom stereocenters. The number of rotatable bonds is 4. The molecule has 0 aliphatic heterocycles. The van der Waals surface area contributed by atoms with Gasteiger partial charge in [-0.05, 0) is 12.0 Å². The molecule has 0 heterocycles. The largest absolute Gasteiger partial charge is 1.00 e. The Kier molecular flexibility index (Phi) is 12.4. The molecule has 0 saturated heterocycles. The minimum absolute atomic E-state index is 0. The van der Waals surface area contributed by atoms with E-state index in [1.54, 1.807) is 0 Å². The fraction of sp³-hybridized carbons (Fsp3) is 0.571. The van der Waals surface area contributed by atoms with E-state index in [9.17, 15) is 17.8 Å². The van der Waals surface area contributed by atoms with Crippen molar-refractivity contribution in [1.29, 1.82) is 0 Å². The van der Waals surface area contributed by atoms with Gasteiger partial charge >= 0.3 is 51.4 Å². The molecule has 1 atom stereocenters. The van der Waals surface area contributed by atoms with Crippen LogP contribution in [-0.4, -0.2) is 29.7 Å². The van der Waals surface area contributed by atoms with Gasteiger partial charge < -0.3 is 15.3 Å². The molecule has 0 bridgehead atoms. The van der Waals surface area contributed by atoms with Gasteiger partial charge in [0.05, 0.1) is 0 Å². The van der Waals surface area contributed by atoms with Gasteiger partial charge in [0.15, 0.2) is 0 Å². The summed E-state index contributed by atoms with van der Waals surface area (Å²) in [5.41, 5.74) is 0. The molecule has 1 amide bonds. The summed E-state index contributed by atoms with van der Waals surface area (Å²) in [7, 11) is -4.50. The van der Waals surface area contributed by atoms with Gasteiger partial charge in [0.25, 0.3) is 0 Å². The van der Waals surface area contributed by atoms with E-state index in [1.165, 1.54) is 13.8 Å². The van der Waals surface area contributed by atoms with Crippen molar-refractivity contribution < 1.29 is 74.6 Å². The van der Waals surface area contributed by atoms with Crippen LogP contribution in [0.2, 0.25) is 0 Å². The van der Waals surface area contributed by atoms with E-state index in [-0.39, 0.29) is 56.9 Å². The van der Waals surface area contributed by atoms with Crippen LogP contribution in [0.25, 0.3) is 0 Å². The van der Waals surface area contributed by atoms with Gasteiger partial charge in [0.1, 0.15) is 15.5 Å². The third-order valence-corrected chi connectivity index (χ3v) is 2.67. The molecule has 0 aliphatic rings. The molecule has 0 fully saturated rings. The number of carbonyl (C=O) groups is 1. The first kappa shape index (κ1) is 21.0. The summed E-state index contributed by atoms with van der Waals surface area (Å²) in [5.74, 6) is -1.13. The Balaban J connectivity index is -0.000000720. The minimum atomic E-state index is -4.50. The third-order valence-electron chi connectivity index (χ3n) is 1.39. The Hall–Kier alpha value is 0.716. The molecular formula is C7H14KNO5S. The molecule has 8 heteroatoms. The predicted octanol–water partition coefficient (Wildman–Crippen LogP) is -4.00. The topological polar surface area (TPSA) is 118 Å². The van der Waals surface area contributed by atoms with E-state index in [4.69, 9.17) is 0 Å². The zero-order valence-electron chi connectivity index (χ0n) is 8.98. The Morgan fingerprint density at radius 2 is 1.87 bits per heavy atom. The Morgan fingerprint density at radius 1 is 1.47 bits per heavy atom. The van der Waals surface area contributed by atoms with Crippen molar-refractivity contribution in [2.75, 3.05) is 0 Å². The molecule has 0 rings (SSSR count). The first-order valence-corrected chi connectivity index (χ1v) is 5.13. The maximum atomic E-state index is 10.7. The summed E-state index contributed by atoms with van der Waals surface area (Å²) in [6, 6.07) is 0. The average molecular weight is 263 g/mol. The first-order chi connectivity index (χ1) is 5.79. The van der Waals surface area contributed by atoms with E-state index in [0.29, 0.717) is 0 Å². The summed E-state index contributed by atoms with van der Waals surface area (Å²) >= 11 is 0. The first-order valence-electron chi connectivity index (χ1n) is 3.66. The number of hydrogen-bond donors (Lipinski definition) is 1. The van der Waals surface area contributed by atoms with E-state index >= 15 is 0 Å². The van der Waals surface area contributed by atoms with Crippen molar-refractivity contribution in [3.05, 3.63) is 12.7 Å². The standard InChI is InChI=1S/C7H13NO4S.K.H2O/c1-4-6(9)8-7(5(2)3)13(10,11)12;;/h4-5,7H,1H2,2-3H3,(H,8,9)(H,10,11,12);;1H2/q;+1;/p-1. The number of hydrogen-bond acceptors (Lipinski definition) is 4. The van der Waals surface area contributed by atoms with E-state index < -0.39 is 27.3 Å². The van der Waals surface area contributed by atoms with E-state index in [2.05, 4.69) is 6.58 Å². The summed E-state index contributed by atoms with van der Waals surface area (Å²) in [4.78, 5) is 10.7. The summed E-state index contributed by atoms with van der Waals surface area (Å²) < 4.78 is 31.9. The fourth-order valence-corrected chi connectivity index (χ4v) is 1.70. The van der Waals surface area contributed by atoms with Crippen LogP contribution in [0.1, 0.15) is 13.8 Å². The molecule has 0 radical (unpaired) electrons. The molecule has 3 N–H and O–H groups in total. The van der Waals surface area contributed by atoms with E-state index in [1.807, 2.05) is 5.32 Å². The van der Waals surface area contributed by atoms with Gasteiger partial charge in [-0.15, -0.1) is 0 Å². The van der Waals surface area contributed by atoms with Crippen LogP contribution in [0.4, 0.5) is 0 Å². The van der Waals surface area contributed by atoms with Gasteiger partial charge in [0, 0.05) is 0 Å². The van der Waals surface area contributed by atoms with Crippen molar-refractivity contribution in [2.24, 2.45) is 5.92 Å². The van der Waals surface area contributed by atoms with Crippen molar-refractivity contribution in [3.8, 4) is 0 Å². The van der Waals surface area contributed by atoms with Gasteiger partial charge in [0.2, 0.25) is 5.91 Å². The summed E-state index contributed by atoms with van der Waals surface area (Å²) in [5, 5.41) is 0.658. The molecule has 0 aliphatic carbocycles. The van der Waals surface area contributed by atoms with Crippen LogP contribution in [0, 0.1) is 5.92 Å². The number of nitrogens with one attached hydrogen (secondary N) is 1. The van der Waals surface area contributed by atoms with Crippen molar-refractivity contribution in [1.82, 2.24) is 5.32 Å². The molecular weight excluding hydrogens is 249 g/mol. The molecule has 84 valence electrons. The SMILES string of the molecule is C=CC(=O)NC(C(C)C)S(=O)(=O)[O-].O.[K+]. The van der Waals surface area contributed by atoms with Gasteiger partial charge in [-0.3, -0.25) is 4.79 Å². The zero-order valence-corrected chi connectivity index (χ0v) is 12.9. The van der Waals surface area contributed by atoms with Gasteiger partial charge in [-0.25, -0.2) is 8.42 Å². The van der Waals surface area contributed by atoms with Gasteiger partial charge in [-0.1, -0.05) is 20.4 Å². The number of carbonyl (C=O) groups excluding carboxylic acids is 1. The molecule has 6 nitrogen and oxygen atoms in total. The molecule has 0 aromatic carbocycles. The quantitative estimate of drug-likeness (QED) is 0.316. The Bertz CT molecular complexity index is 301. The second kappa shape index (κ2) is 8.82. The van der Waals surface area contributed by atoms with E-state index in [0.717, 1.165) is 6.08 Å². The third kappa shape index (κ3) is 8.52. The second-order valence-corrected chi connectivity index (χ2v) is 4.36. The maximum absolute atomic E-state index is 10.7. The molecule has 0 saturated carbocycles. The minimum Gasteiger partial charge on any atom is -0.746 e. The van der Waals surface area contributed by atoms with Crippen LogP contribution in [0.5, 0.6) is 0 Å². The average Bonchev–Trinajstić information content (AvgIpc) is 1.96. The smallest absolute Gasteiger partial charge is 0.746 e. The maximum Gasteiger partial charge on any atom is 1.00 e. The fourth-order valence-electron chi connectivity index (χ4n) is 0.771. The van der Waals surface area contributed by atoms with Crippen LogP contribution >= 0.6 is 0 Å².